The van der Waals surface area contributed by atoms with Crippen LogP contribution in [-0.2, 0) is 35.2 Å². The van der Waals surface area contributed by atoms with Crippen LogP contribution in [0.25, 0.3) is 0 Å². The molecule has 4 rings (SSSR count). The van der Waals surface area contributed by atoms with Crippen molar-refractivity contribution >= 4 is 16.0 Å². The molecule has 0 atom stereocenters. The molecule has 0 saturated carbocycles. The summed E-state index contributed by atoms with van der Waals surface area (Å²) >= 11 is 0. The molecule has 1 aromatic carbocycles. The molecule has 1 fully saturated rings. The lowest BCUT2D eigenvalue weighted by molar-refractivity contribution is 0.259. The number of aliphatic imine (C=N–C) groups is 1. The fourth-order valence-corrected chi connectivity index (χ4v) is 5.44. The van der Waals surface area contributed by atoms with E-state index >= 15 is 0 Å². The van der Waals surface area contributed by atoms with Crippen molar-refractivity contribution in [3.63, 3.8) is 0 Å². The van der Waals surface area contributed by atoms with Crippen LogP contribution in [0.2, 0.25) is 0 Å². The van der Waals surface area contributed by atoms with Crippen molar-refractivity contribution in [2.75, 3.05) is 33.2 Å². The molecule has 9 heteroatoms. The Morgan fingerprint density at radius 1 is 1.17 bits per heavy atom. The highest BCUT2D eigenvalue weighted by Crippen LogP contribution is 2.22. The molecule has 0 spiro atoms. The molecule has 1 N–H and O–H groups in total. The minimum Gasteiger partial charge on any atom is -0.364 e. The minimum atomic E-state index is -3.40. The van der Waals surface area contributed by atoms with E-state index in [2.05, 4.69) is 38.6 Å². The number of sulfonamides is 1. The fourth-order valence-electron chi connectivity index (χ4n) is 4.02. The Bertz CT molecular complexity index is 964. The zero-order valence-electron chi connectivity index (χ0n) is 16.7. The lowest BCUT2D eigenvalue weighted by atomic mass is 10.1. The second kappa shape index (κ2) is 8.54. The van der Waals surface area contributed by atoms with E-state index in [-0.39, 0.29) is 5.75 Å². The Morgan fingerprint density at radius 3 is 2.69 bits per heavy atom. The van der Waals surface area contributed by atoms with Gasteiger partial charge in [0.1, 0.15) is 12.0 Å². The number of aryl methyl sites for hydroxylation is 2. The molecule has 0 amide bonds. The van der Waals surface area contributed by atoms with Gasteiger partial charge in [0.25, 0.3) is 0 Å². The van der Waals surface area contributed by atoms with E-state index in [1.54, 1.807) is 13.1 Å². The molecule has 0 bridgehead atoms. The van der Waals surface area contributed by atoms with Crippen LogP contribution in [0.4, 0.5) is 0 Å². The van der Waals surface area contributed by atoms with E-state index in [0.29, 0.717) is 38.4 Å². The van der Waals surface area contributed by atoms with E-state index in [4.69, 9.17) is 4.52 Å². The average Bonchev–Trinajstić information content (AvgIpc) is 3.40. The molecule has 156 valence electrons. The molecule has 1 saturated heterocycles. The van der Waals surface area contributed by atoms with Gasteiger partial charge in [0.15, 0.2) is 5.96 Å². The van der Waals surface area contributed by atoms with Crippen LogP contribution in [0.5, 0.6) is 0 Å². The smallest absolute Gasteiger partial charge is 0.220 e. The van der Waals surface area contributed by atoms with Gasteiger partial charge >= 0.3 is 0 Å². The van der Waals surface area contributed by atoms with Crippen LogP contribution in [0.15, 0.2) is 40.0 Å². The SMILES string of the molecule is CN=C(NCc1ccc2c(c1)CCC2)N1CCN(S(=O)(=O)Cc2ccon2)CC1. The Morgan fingerprint density at radius 2 is 1.97 bits per heavy atom. The van der Waals surface area contributed by atoms with Crippen LogP contribution < -0.4 is 5.32 Å². The molecule has 2 heterocycles. The second-order valence-corrected chi connectivity index (χ2v) is 9.46. The molecule has 0 unspecified atom stereocenters. The summed E-state index contributed by atoms with van der Waals surface area (Å²) in [5.41, 5.74) is 4.62. The van der Waals surface area contributed by atoms with E-state index in [1.807, 2.05) is 0 Å². The molecule has 2 aromatic rings. The van der Waals surface area contributed by atoms with Crippen LogP contribution in [-0.4, -0.2) is 62.0 Å². The molecule has 2 aliphatic rings. The molecular weight excluding hydrogens is 390 g/mol. The predicted octanol–water partition coefficient (Wildman–Crippen LogP) is 1.39. The summed E-state index contributed by atoms with van der Waals surface area (Å²) < 4.78 is 31.4. The van der Waals surface area contributed by atoms with Gasteiger partial charge in [0.05, 0.1) is 5.69 Å². The zero-order valence-corrected chi connectivity index (χ0v) is 17.5. The summed E-state index contributed by atoms with van der Waals surface area (Å²) in [6, 6.07) is 8.29. The van der Waals surface area contributed by atoms with Gasteiger partial charge in [-0.15, -0.1) is 0 Å². The Kier molecular flexibility index (Phi) is 5.86. The van der Waals surface area contributed by atoms with Crippen LogP contribution in [0, 0.1) is 0 Å². The van der Waals surface area contributed by atoms with E-state index in [1.165, 1.54) is 46.5 Å². The number of nitrogens with one attached hydrogen (secondary N) is 1. The first-order chi connectivity index (χ1) is 14.0. The van der Waals surface area contributed by atoms with Crippen LogP contribution in [0.3, 0.4) is 0 Å². The van der Waals surface area contributed by atoms with Crippen molar-refractivity contribution in [2.45, 2.75) is 31.6 Å². The number of fused-ring (bicyclic) bond motifs is 1. The Labute approximate surface area is 171 Å². The van der Waals surface area contributed by atoms with Crippen molar-refractivity contribution in [3.05, 3.63) is 52.9 Å². The highest BCUT2D eigenvalue weighted by Gasteiger charge is 2.29. The summed E-state index contributed by atoms with van der Waals surface area (Å²) in [5, 5.41) is 7.13. The Balaban J connectivity index is 1.31. The third-order valence-corrected chi connectivity index (χ3v) is 7.39. The second-order valence-electron chi connectivity index (χ2n) is 7.49. The largest absolute Gasteiger partial charge is 0.364 e. The summed E-state index contributed by atoms with van der Waals surface area (Å²) in [4.78, 5) is 6.50. The third kappa shape index (κ3) is 4.62. The van der Waals surface area contributed by atoms with Crippen molar-refractivity contribution in [1.29, 1.82) is 0 Å². The first kappa shape index (κ1) is 19.9. The Hall–Kier alpha value is -2.39. The number of piperazine rings is 1. The lowest BCUT2D eigenvalue weighted by Gasteiger charge is -2.35. The highest BCUT2D eigenvalue weighted by molar-refractivity contribution is 7.88. The van der Waals surface area contributed by atoms with E-state index < -0.39 is 10.0 Å². The normalized spacial score (nSPS) is 18.1. The monoisotopic (exact) mass is 417 g/mol. The van der Waals surface area contributed by atoms with Crippen molar-refractivity contribution < 1.29 is 12.9 Å². The summed E-state index contributed by atoms with van der Waals surface area (Å²) in [5.74, 6) is 0.675. The molecule has 1 aromatic heterocycles. The maximum Gasteiger partial charge on any atom is 0.220 e. The van der Waals surface area contributed by atoms with Crippen molar-refractivity contribution in [1.82, 2.24) is 19.7 Å². The zero-order chi connectivity index (χ0) is 20.3. The maximum atomic E-state index is 12.6. The number of benzene rings is 1. The van der Waals surface area contributed by atoms with Crippen molar-refractivity contribution in [2.24, 2.45) is 4.99 Å². The molecule has 1 aliphatic heterocycles. The van der Waals surface area contributed by atoms with E-state index in [9.17, 15) is 8.42 Å². The highest BCUT2D eigenvalue weighted by atomic mass is 32.2. The first-order valence-electron chi connectivity index (χ1n) is 9.98. The van der Waals surface area contributed by atoms with Crippen molar-refractivity contribution in [3.8, 4) is 0 Å². The third-order valence-electron chi connectivity index (χ3n) is 5.58. The number of hydrogen-bond acceptors (Lipinski definition) is 5. The van der Waals surface area contributed by atoms with Gasteiger partial charge < -0.3 is 14.7 Å². The first-order valence-corrected chi connectivity index (χ1v) is 11.6. The fraction of sp³-hybridized carbons (Fsp3) is 0.500. The van der Waals surface area contributed by atoms with Gasteiger partial charge in [-0.05, 0) is 36.0 Å². The number of hydrogen-bond donors (Lipinski definition) is 1. The number of aromatic nitrogens is 1. The van der Waals surface area contributed by atoms with Gasteiger partial charge in [0.2, 0.25) is 10.0 Å². The predicted molar refractivity (Wildman–Crippen MR) is 111 cm³/mol. The lowest BCUT2D eigenvalue weighted by Crippen LogP contribution is -2.53. The van der Waals surface area contributed by atoms with Gasteiger partial charge in [-0.2, -0.15) is 4.31 Å². The minimum absolute atomic E-state index is 0.130. The van der Waals surface area contributed by atoms with Crippen LogP contribution in [0.1, 0.15) is 28.8 Å². The molecule has 29 heavy (non-hydrogen) atoms. The molecule has 0 radical (unpaired) electrons. The van der Waals surface area contributed by atoms with Gasteiger partial charge in [0, 0.05) is 45.8 Å². The summed E-state index contributed by atoms with van der Waals surface area (Å²) in [6.45, 7) is 2.77. The summed E-state index contributed by atoms with van der Waals surface area (Å²) in [7, 11) is -1.64. The standard InChI is InChI=1S/C20H27N5O3S/c1-21-20(22-14-16-5-6-17-3-2-4-18(17)13-16)24-8-10-25(11-9-24)29(26,27)15-19-7-12-28-23-19/h5-7,12-13H,2-4,8-11,14-15H2,1H3,(H,21,22). The van der Waals surface area contributed by atoms with Gasteiger partial charge in [-0.3, -0.25) is 4.99 Å². The average molecular weight is 418 g/mol. The maximum absolute atomic E-state index is 12.6. The topological polar surface area (TPSA) is 91.0 Å². The number of rotatable bonds is 5. The van der Waals surface area contributed by atoms with E-state index in [0.717, 1.165) is 5.96 Å². The van der Waals surface area contributed by atoms with Gasteiger partial charge in [-0.25, -0.2) is 8.42 Å². The summed E-state index contributed by atoms with van der Waals surface area (Å²) in [6.07, 6.45) is 4.99. The van der Waals surface area contributed by atoms with Crippen LogP contribution >= 0.6 is 0 Å². The number of nitrogens with zero attached hydrogens (tertiary/aromatic N) is 4. The quantitative estimate of drug-likeness (QED) is 0.584. The molecule has 1 aliphatic carbocycles. The molecular formula is C20H27N5O3S. The number of guanidine groups is 1. The van der Waals surface area contributed by atoms with Gasteiger partial charge in [-0.1, -0.05) is 23.4 Å². The molecule has 8 nitrogen and oxygen atoms in total.